The molecule has 0 aromatic carbocycles. The molecule has 0 unspecified atom stereocenters. The second-order valence-electron chi connectivity index (χ2n) is 6.67. The van der Waals surface area contributed by atoms with Crippen LogP contribution in [0.5, 0.6) is 0 Å². The standard InChI is InChI=1S/C16H29N3O3/c1-4-22-14(20)12-5-7-13(8-6-12)19-15(17-3)18-9-16(2)10-21-11-16/h12-13H,4-11H2,1-3H3,(H2,17,18,19). The lowest BCUT2D eigenvalue weighted by Gasteiger charge is -2.38. The van der Waals surface area contributed by atoms with Crippen LogP contribution < -0.4 is 10.6 Å². The fraction of sp³-hybridized carbons (Fsp3) is 0.875. The van der Waals surface area contributed by atoms with E-state index in [1.165, 1.54) is 0 Å². The fourth-order valence-corrected chi connectivity index (χ4v) is 2.97. The summed E-state index contributed by atoms with van der Waals surface area (Å²) in [5.41, 5.74) is 0.221. The van der Waals surface area contributed by atoms with Crippen LogP contribution in [-0.4, -0.2) is 51.4 Å². The molecule has 1 aliphatic carbocycles. The molecule has 0 radical (unpaired) electrons. The zero-order valence-electron chi connectivity index (χ0n) is 14.0. The minimum absolute atomic E-state index is 0.0404. The highest BCUT2D eigenvalue weighted by Gasteiger charge is 2.33. The fourth-order valence-electron chi connectivity index (χ4n) is 2.97. The van der Waals surface area contributed by atoms with Gasteiger partial charge in [0.2, 0.25) is 0 Å². The van der Waals surface area contributed by atoms with Gasteiger partial charge >= 0.3 is 5.97 Å². The van der Waals surface area contributed by atoms with Crippen molar-refractivity contribution >= 4 is 11.9 Å². The average molecular weight is 311 g/mol. The first kappa shape index (κ1) is 17.1. The summed E-state index contributed by atoms with van der Waals surface area (Å²) in [6, 6.07) is 0.377. The smallest absolute Gasteiger partial charge is 0.308 e. The molecule has 1 heterocycles. The maximum absolute atomic E-state index is 11.7. The van der Waals surface area contributed by atoms with Gasteiger partial charge in [0.1, 0.15) is 0 Å². The van der Waals surface area contributed by atoms with Crippen LogP contribution in [0.15, 0.2) is 4.99 Å². The van der Waals surface area contributed by atoms with E-state index in [1.54, 1.807) is 7.05 Å². The van der Waals surface area contributed by atoms with E-state index >= 15 is 0 Å². The highest BCUT2D eigenvalue weighted by molar-refractivity contribution is 5.80. The molecule has 0 aromatic heterocycles. The zero-order chi connectivity index (χ0) is 16.0. The largest absolute Gasteiger partial charge is 0.466 e. The van der Waals surface area contributed by atoms with Crippen molar-refractivity contribution in [3.8, 4) is 0 Å². The van der Waals surface area contributed by atoms with Gasteiger partial charge in [0, 0.05) is 25.0 Å². The lowest BCUT2D eigenvalue weighted by atomic mass is 9.86. The normalized spacial score (nSPS) is 27.7. The van der Waals surface area contributed by atoms with Gasteiger partial charge in [-0.3, -0.25) is 9.79 Å². The summed E-state index contributed by atoms with van der Waals surface area (Å²) in [5.74, 6) is 0.869. The third-order valence-electron chi connectivity index (χ3n) is 4.50. The Hall–Kier alpha value is -1.30. The molecule has 2 aliphatic rings. The number of ether oxygens (including phenoxy) is 2. The molecule has 126 valence electrons. The SMILES string of the molecule is CCOC(=O)C1CCC(NC(=NC)NCC2(C)COC2)CC1. The van der Waals surface area contributed by atoms with Crippen LogP contribution in [0.25, 0.3) is 0 Å². The van der Waals surface area contributed by atoms with Crippen molar-refractivity contribution in [1.29, 1.82) is 0 Å². The molecule has 0 spiro atoms. The van der Waals surface area contributed by atoms with Gasteiger partial charge in [-0.15, -0.1) is 0 Å². The lowest BCUT2D eigenvalue weighted by molar-refractivity contribution is -0.149. The van der Waals surface area contributed by atoms with E-state index in [4.69, 9.17) is 9.47 Å². The second-order valence-corrected chi connectivity index (χ2v) is 6.67. The maximum atomic E-state index is 11.7. The van der Waals surface area contributed by atoms with Crippen molar-refractivity contribution in [3.05, 3.63) is 0 Å². The monoisotopic (exact) mass is 311 g/mol. The van der Waals surface area contributed by atoms with Gasteiger partial charge in [0.25, 0.3) is 0 Å². The van der Waals surface area contributed by atoms with E-state index in [2.05, 4.69) is 22.5 Å². The molecule has 1 saturated carbocycles. The Kier molecular flexibility index (Phi) is 6.06. The van der Waals surface area contributed by atoms with Gasteiger partial charge in [-0.05, 0) is 32.6 Å². The first-order valence-corrected chi connectivity index (χ1v) is 8.28. The van der Waals surface area contributed by atoms with Gasteiger partial charge in [-0.1, -0.05) is 6.92 Å². The van der Waals surface area contributed by atoms with Crippen LogP contribution >= 0.6 is 0 Å². The Morgan fingerprint density at radius 2 is 2.00 bits per heavy atom. The van der Waals surface area contributed by atoms with Crippen LogP contribution in [0, 0.1) is 11.3 Å². The highest BCUT2D eigenvalue weighted by atomic mass is 16.5. The Balaban J connectivity index is 1.70. The van der Waals surface area contributed by atoms with Gasteiger partial charge in [-0.2, -0.15) is 0 Å². The molecule has 6 nitrogen and oxygen atoms in total. The number of hydrogen-bond donors (Lipinski definition) is 2. The zero-order valence-corrected chi connectivity index (χ0v) is 14.0. The molecule has 6 heteroatoms. The molecule has 0 bridgehead atoms. The Morgan fingerprint density at radius 3 is 2.50 bits per heavy atom. The molecule has 22 heavy (non-hydrogen) atoms. The van der Waals surface area contributed by atoms with E-state index in [1.807, 2.05) is 6.92 Å². The van der Waals surface area contributed by atoms with Gasteiger partial charge in [-0.25, -0.2) is 0 Å². The Morgan fingerprint density at radius 1 is 1.32 bits per heavy atom. The van der Waals surface area contributed by atoms with Crippen molar-refractivity contribution in [3.63, 3.8) is 0 Å². The Bertz CT molecular complexity index is 399. The number of hydrogen-bond acceptors (Lipinski definition) is 4. The number of rotatable bonds is 5. The summed E-state index contributed by atoms with van der Waals surface area (Å²) in [6.07, 6.45) is 3.73. The summed E-state index contributed by atoms with van der Waals surface area (Å²) in [5, 5.41) is 6.84. The number of nitrogens with zero attached hydrogens (tertiary/aromatic N) is 1. The van der Waals surface area contributed by atoms with Gasteiger partial charge in [0.15, 0.2) is 5.96 Å². The van der Waals surface area contributed by atoms with Crippen molar-refractivity contribution in [2.75, 3.05) is 33.4 Å². The minimum atomic E-state index is -0.0404. The van der Waals surface area contributed by atoms with Gasteiger partial charge in [0.05, 0.1) is 25.7 Å². The number of carbonyl (C=O) groups is 1. The predicted molar refractivity (Wildman–Crippen MR) is 85.8 cm³/mol. The third-order valence-corrected chi connectivity index (χ3v) is 4.50. The van der Waals surface area contributed by atoms with E-state index in [-0.39, 0.29) is 17.3 Å². The molecule has 2 fully saturated rings. The number of esters is 1. The predicted octanol–water partition coefficient (Wildman–Crippen LogP) is 1.31. The molecule has 0 aromatic rings. The Labute approximate surface area is 133 Å². The molecule has 0 amide bonds. The van der Waals surface area contributed by atoms with E-state index in [0.717, 1.165) is 51.4 Å². The third kappa shape index (κ3) is 4.60. The average Bonchev–Trinajstić information content (AvgIpc) is 2.50. The molecular weight excluding hydrogens is 282 g/mol. The molecule has 1 saturated heterocycles. The van der Waals surface area contributed by atoms with Crippen LogP contribution in [-0.2, 0) is 14.3 Å². The van der Waals surface area contributed by atoms with E-state index < -0.39 is 0 Å². The lowest BCUT2D eigenvalue weighted by Crippen LogP contribution is -2.52. The van der Waals surface area contributed by atoms with Crippen molar-refractivity contribution in [1.82, 2.24) is 10.6 Å². The van der Waals surface area contributed by atoms with Crippen LogP contribution in [0.2, 0.25) is 0 Å². The van der Waals surface area contributed by atoms with Crippen molar-refractivity contribution in [2.45, 2.75) is 45.6 Å². The number of nitrogens with one attached hydrogen (secondary N) is 2. The summed E-state index contributed by atoms with van der Waals surface area (Å²) < 4.78 is 10.4. The number of aliphatic imine (C=N–C) groups is 1. The van der Waals surface area contributed by atoms with E-state index in [0.29, 0.717) is 12.6 Å². The first-order chi connectivity index (χ1) is 10.6. The summed E-state index contributed by atoms with van der Waals surface area (Å²) >= 11 is 0. The summed E-state index contributed by atoms with van der Waals surface area (Å²) in [6.45, 7) is 7.01. The highest BCUT2D eigenvalue weighted by Crippen LogP contribution is 2.26. The number of carbonyl (C=O) groups excluding carboxylic acids is 1. The van der Waals surface area contributed by atoms with Gasteiger partial charge < -0.3 is 20.1 Å². The van der Waals surface area contributed by atoms with Crippen molar-refractivity contribution < 1.29 is 14.3 Å². The topological polar surface area (TPSA) is 72.0 Å². The molecule has 1 aliphatic heterocycles. The summed E-state index contributed by atoms with van der Waals surface area (Å²) in [4.78, 5) is 16.0. The minimum Gasteiger partial charge on any atom is -0.466 e. The van der Waals surface area contributed by atoms with Crippen molar-refractivity contribution in [2.24, 2.45) is 16.3 Å². The molecule has 2 rings (SSSR count). The maximum Gasteiger partial charge on any atom is 0.308 e. The number of guanidine groups is 1. The molecular formula is C16H29N3O3. The first-order valence-electron chi connectivity index (χ1n) is 8.28. The quantitative estimate of drug-likeness (QED) is 0.455. The molecule has 2 N–H and O–H groups in total. The van der Waals surface area contributed by atoms with Crippen LogP contribution in [0.3, 0.4) is 0 Å². The second kappa shape index (κ2) is 7.81. The van der Waals surface area contributed by atoms with Crippen LogP contribution in [0.1, 0.15) is 39.5 Å². The summed E-state index contributed by atoms with van der Waals surface area (Å²) in [7, 11) is 1.79. The molecule has 0 atom stereocenters. The van der Waals surface area contributed by atoms with Crippen LogP contribution in [0.4, 0.5) is 0 Å². The van der Waals surface area contributed by atoms with E-state index in [9.17, 15) is 4.79 Å².